The lowest BCUT2D eigenvalue weighted by molar-refractivity contribution is 0.103. The van der Waals surface area contributed by atoms with Gasteiger partial charge in [-0.1, -0.05) is 24.9 Å². The topological polar surface area (TPSA) is 40.5 Å². The predicted molar refractivity (Wildman–Crippen MR) is 48.3 cm³/mol. The summed E-state index contributed by atoms with van der Waals surface area (Å²) in [5.41, 5.74) is 0. The van der Waals surface area contributed by atoms with Crippen molar-refractivity contribution in [1.82, 2.24) is 0 Å². The molecule has 0 amide bonds. The van der Waals surface area contributed by atoms with E-state index in [-0.39, 0.29) is 6.61 Å². The molecule has 11 heavy (non-hydrogen) atoms. The fourth-order valence-corrected chi connectivity index (χ4v) is 5.61. The molecule has 2 nitrogen and oxygen atoms in total. The minimum Gasteiger partial charge on any atom is -0.396 e. The summed E-state index contributed by atoms with van der Waals surface area (Å²) in [5.74, 6) is 0. The van der Waals surface area contributed by atoms with Gasteiger partial charge < -0.3 is 10.2 Å². The number of aliphatic hydroxyl groups is 2. The van der Waals surface area contributed by atoms with Gasteiger partial charge in [-0.2, -0.15) is 0 Å². The fourth-order valence-electron chi connectivity index (χ4n) is 1.98. The predicted octanol–water partition coefficient (Wildman–Crippen LogP) is 0.680. The number of aliphatic hydroxyl groups excluding tert-OH is 1. The highest BCUT2D eigenvalue weighted by Gasteiger charge is 2.34. The van der Waals surface area contributed by atoms with Crippen LogP contribution in [0.2, 0.25) is 12.1 Å². The maximum Gasteiger partial charge on any atom is 0.0750 e. The van der Waals surface area contributed by atoms with E-state index in [2.05, 4.69) is 0 Å². The van der Waals surface area contributed by atoms with Gasteiger partial charge in [-0.05, 0) is 13.3 Å². The first-order chi connectivity index (χ1) is 5.17. The van der Waals surface area contributed by atoms with Crippen LogP contribution in [0, 0.1) is 0 Å². The molecule has 1 aliphatic heterocycles. The van der Waals surface area contributed by atoms with Crippen LogP contribution in [-0.4, -0.2) is 30.8 Å². The molecule has 0 spiro atoms. The highest BCUT2D eigenvalue weighted by atomic mass is 28.3. The Bertz CT molecular complexity index is 119. The summed E-state index contributed by atoms with van der Waals surface area (Å²) in [7, 11) is -0.912. The van der Waals surface area contributed by atoms with E-state index in [1.54, 1.807) is 0 Å². The molecule has 0 aromatic rings. The minimum absolute atomic E-state index is 0.135. The minimum atomic E-state index is -0.912. The second-order valence-corrected chi connectivity index (χ2v) is 7.60. The molecule has 0 saturated carbocycles. The summed E-state index contributed by atoms with van der Waals surface area (Å²) in [4.78, 5) is 0. The van der Waals surface area contributed by atoms with Gasteiger partial charge in [-0.15, -0.1) is 0 Å². The van der Waals surface area contributed by atoms with Crippen LogP contribution in [0.3, 0.4) is 0 Å². The molecule has 1 fully saturated rings. The number of rotatable bonds is 3. The van der Waals surface area contributed by atoms with Crippen LogP contribution in [-0.2, 0) is 0 Å². The second-order valence-electron chi connectivity index (χ2n) is 3.81. The Balaban J connectivity index is 2.41. The van der Waals surface area contributed by atoms with Gasteiger partial charge in [0.15, 0.2) is 0 Å². The number of hydrogen-bond donors (Lipinski definition) is 2. The molecule has 1 saturated heterocycles. The molecular formula is C8H18O2Si. The molecule has 2 N–H and O–H groups in total. The summed E-state index contributed by atoms with van der Waals surface area (Å²) in [6.45, 7) is 2.04. The molecule has 1 aliphatic rings. The van der Waals surface area contributed by atoms with Gasteiger partial charge in [0.2, 0.25) is 0 Å². The Kier molecular flexibility index (Phi) is 3.10. The van der Waals surface area contributed by atoms with Crippen molar-refractivity contribution >= 4 is 8.80 Å². The molecule has 3 heteroatoms. The molecular weight excluding hydrogens is 156 g/mol. The Labute approximate surface area is 69.9 Å². The van der Waals surface area contributed by atoms with Gasteiger partial charge in [0.25, 0.3) is 0 Å². The van der Waals surface area contributed by atoms with Gasteiger partial charge in [-0.25, -0.2) is 0 Å². The van der Waals surface area contributed by atoms with Crippen LogP contribution in [0.15, 0.2) is 0 Å². The van der Waals surface area contributed by atoms with Crippen LogP contribution < -0.4 is 0 Å². The van der Waals surface area contributed by atoms with Crippen molar-refractivity contribution in [2.24, 2.45) is 0 Å². The Morgan fingerprint density at radius 2 is 1.91 bits per heavy atom. The van der Waals surface area contributed by atoms with E-state index >= 15 is 0 Å². The molecule has 0 aromatic heterocycles. The van der Waals surface area contributed by atoms with Gasteiger partial charge in [0.1, 0.15) is 0 Å². The first-order valence-electron chi connectivity index (χ1n) is 4.50. The Hall–Kier alpha value is 0.137. The Morgan fingerprint density at radius 3 is 2.36 bits per heavy atom. The van der Waals surface area contributed by atoms with Crippen LogP contribution in [0.4, 0.5) is 0 Å². The van der Waals surface area contributed by atoms with Gasteiger partial charge >= 0.3 is 0 Å². The average Bonchev–Trinajstić information content (AvgIpc) is 2.37. The van der Waals surface area contributed by atoms with Crippen molar-refractivity contribution in [2.45, 2.75) is 43.5 Å². The van der Waals surface area contributed by atoms with E-state index in [1.165, 1.54) is 24.9 Å². The van der Waals surface area contributed by atoms with Crippen molar-refractivity contribution < 1.29 is 10.2 Å². The summed E-state index contributed by atoms with van der Waals surface area (Å²) in [6.07, 6.45) is 3.20. The van der Waals surface area contributed by atoms with E-state index in [9.17, 15) is 5.11 Å². The van der Waals surface area contributed by atoms with Crippen molar-refractivity contribution in [1.29, 1.82) is 0 Å². The van der Waals surface area contributed by atoms with Crippen molar-refractivity contribution in [2.75, 3.05) is 6.61 Å². The molecule has 0 radical (unpaired) electrons. The first-order valence-corrected chi connectivity index (χ1v) is 6.71. The summed E-state index contributed by atoms with van der Waals surface area (Å²) in [5, 5.41) is 18.2. The quantitative estimate of drug-likeness (QED) is 0.618. The highest BCUT2D eigenvalue weighted by Crippen LogP contribution is 2.29. The fraction of sp³-hybridized carbons (Fsp3) is 1.00. The zero-order valence-electron chi connectivity index (χ0n) is 7.21. The molecule has 0 aliphatic carbocycles. The maximum atomic E-state index is 9.92. The lowest BCUT2D eigenvalue weighted by Gasteiger charge is -2.28. The smallest absolute Gasteiger partial charge is 0.0750 e. The molecule has 1 heterocycles. The largest absolute Gasteiger partial charge is 0.396 e. The third-order valence-electron chi connectivity index (χ3n) is 2.85. The van der Waals surface area contributed by atoms with Crippen LogP contribution in [0.1, 0.15) is 26.2 Å². The standard InChI is InChI=1S/C8H18O2Si/c1-8(10,4-5-9)11-6-2-3-7-11/h9-11H,2-7H2,1H3. The normalized spacial score (nSPS) is 25.4. The number of hydrogen-bond acceptors (Lipinski definition) is 2. The lowest BCUT2D eigenvalue weighted by atomic mass is 10.3. The van der Waals surface area contributed by atoms with Crippen LogP contribution in [0.25, 0.3) is 0 Å². The molecule has 0 aromatic carbocycles. The maximum absolute atomic E-state index is 9.92. The van der Waals surface area contributed by atoms with E-state index in [1.807, 2.05) is 6.92 Å². The van der Waals surface area contributed by atoms with E-state index in [0.29, 0.717) is 6.42 Å². The average molecular weight is 174 g/mol. The summed E-state index contributed by atoms with van der Waals surface area (Å²) in [6, 6.07) is 2.54. The summed E-state index contributed by atoms with van der Waals surface area (Å²) >= 11 is 0. The van der Waals surface area contributed by atoms with Crippen LogP contribution in [0.5, 0.6) is 0 Å². The van der Waals surface area contributed by atoms with Crippen molar-refractivity contribution in [3.63, 3.8) is 0 Å². The SMILES string of the molecule is CC(O)(CCO)[SiH]1CCCC1. The van der Waals surface area contributed by atoms with Crippen molar-refractivity contribution in [3.8, 4) is 0 Å². The lowest BCUT2D eigenvalue weighted by Crippen LogP contribution is -2.41. The zero-order valence-corrected chi connectivity index (χ0v) is 8.37. The van der Waals surface area contributed by atoms with Crippen LogP contribution >= 0.6 is 0 Å². The molecule has 66 valence electrons. The van der Waals surface area contributed by atoms with E-state index in [4.69, 9.17) is 5.11 Å². The third kappa shape index (κ3) is 2.29. The molecule has 0 bridgehead atoms. The third-order valence-corrected chi connectivity index (χ3v) is 7.11. The molecule has 1 unspecified atom stereocenters. The zero-order chi connectivity index (χ0) is 8.32. The van der Waals surface area contributed by atoms with E-state index in [0.717, 1.165) is 0 Å². The van der Waals surface area contributed by atoms with Gasteiger partial charge in [-0.3, -0.25) is 0 Å². The summed E-state index contributed by atoms with van der Waals surface area (Å²) < 4.78 is 0. The molecule has 1 rings (SSSR count). The monoisotopic (exact) mass is 174 g/mol. The molecule has 1 atom stereocenters. The van der Waals surface area contributed by atoms with Gasteiger partial charge in [0.05, 0.1) is 14.0 Å². The second kappa shape index (κ2) is 3.69. The highest BCUT2D eigenvalue weighted by molar-refractivity contribution is 6.62. The van der Waals surface area contributed by atoms with Gasteiger partial charge in [0, 0.05) is 6.61 Å². The van der Waals surface area contributed by atoms with E-state index < -0.39 is 14.0 Å². The van der Waals surface area contributed by atoms with Crippen molar-refractivity contribution in [3.05, 3.63) is 0 Å². The Morgan fingerprint density at radius 1 is 1.36 bits per heavy atom. The first kappa shape index (κ1) is 9.23.